The van der Waals surface area contributed by atoms with Crippen molar-refractivity contribution in [3.8, 4) is 5.75 Å². The molecule has 2 rings (SSSR count). The Bertz CT molecular complexity index is 570. The molecule has 0 N–H and O–H groups in total. The van der Waals surface area contributed by atoms with Crippen LogP contribution in [0.2, 0.25) is 0 Å². The lowest BCUT2D eigenvalue weighted by Gasteiger charge is -2.35. The molecule has 0 radical (unpaired) electrons. The number of methoxy groups -OCH3 is 1. The molecule has 0 atom stereocenters. The maximum atomic E-state index is 12.6. The van der Waals surface area contributed by atoms with Crippen LogP contribution in [0.15, 0.2) is 24.3 Å². The van der Waals surface area contributed by atoms with Gasteiger partial charge in [-0.25, -0.2) is 0 Å². The summed E-state index contributed by atoms with van der Waals surface area (Å²) >= 11 is 0. The lowest BCUT2D eigenvalue weighted by atomic mass is 9.90. The molecule has 0 aromatic heterocycles. The largest absolute Gasteiger partial charge is 0.496 e. The number of carbonyl (C=O) groups is 2. The van der Waals surface area contributed by atoms with Crippen LogP contribution in [0.3, 0.4) is 0 Å². The highest BCUT2D eigenvalue weighted by atomic mass is 16.5. The Morgan fingerprint density at radius 3 is 2.26 bits per heavy atom. The van der Waals surface area contributed by atoms with Crippen molar-refractivity contribution in [3.05, 3.63) is 29.8 Å². The van der Waals surface area contributed by atoms with Gasteiger partial charge in [-0.15, -0.1) is 0 Å². The van der Waals surface area contributed by atoms with E-state index >= 15 is 0 Å². The molecule has 5 heteroatoms. The van der Waals surface area contributed by atoms with E-state index in [0.29, 0.717) is 30.9 Å². The van der Waals surface area contributed by atoms with Crippen LogP contribution >= 0.6 is 0 Å². The molecule has 1 saturated heterocycles. The van der Waals surface area contributed by atoms with Crippen LogP contribution in [0.1, 0.15) is 31.1 Å². The third kappa shape index (κ3) is 4.32. The van der Waals surface area contributed by atoms with E-state index in [4.69, 9.17) is 4.74 Å². The molecule has 1 aromatic carbocycles. The summed E-state index contributed by atoms with van der Waals surface area (Å²) in [5.41, 5.74) is 0.277. The lowest BCUT2D eigenvalue weighted by Crippen LogP contribution is -2.50. The topological polar surface area (TPSA) is 49.9 Å². The maximum absolute atomic E-state index is 12.6. The van der Waals surface area contributed by atoms with Gasteiger partial charge in [0.1, 0.15) is 5.75 Å². The first-order valence-corrected chi connectivity index (χ1v) is 8.01. The molecule has 0 aliphatic carbocycles. The quantitative estimate of drug-likeness (QED) is 0.853. The van der Waals surface area contributed by atoms with E-state index in [-0.39, 0.29) is 17.1 Å². The Labute approximate surface area is 138 Å². The van der Waals surface area contributed by atoms with Gasteiger partial charge < -0.3 is 9.64 Å². The van der Waals surface area contributed by atoms with E-state index in [0.717, 1.165) is 13.1 Å². The number of ketones is 1. The van der Waals surface area contributed by atoms with Gasteiger partial charge in [-0.2, -0.15) is 0 Å². The van der Waals surface area contributed by atoms with Crippen molar-refractivity contribution in [2.45, 2.75) is 20.8 Å². The first-order chi connectivity index (χ1) is 10.8. The first-order valence-electron chi connectivity index (χ1n) is 8.01. The van der Waals surface area contributed by atoms with Crippen LogP contribution in [0, 0.1) is 5.41 Å². The fourth-order valence-corrected chi connectivity index (χ4v) is 2.54. The molecule has 1 aliphatic heterocycles. The summed E-state index contributed by atoms with van der Waals surface area (Å²) in [6.45, 7) is 9.00. The number of ether oxygens (including phenoxy) is 1. The summed E-state index contributed by atoms with van der Waals surface area (Å²) in [6, 6.07) is 7.28. The minimum atomic E-state index is -0.315. The summed E-state index contributed by atoms with van der Waals surface area (Å²) in [7, 11) is 1.57. The van der Waals surface area contributed by atoms with Crippen LogP contribution in [-0.4, -0.2) is 61.3 Å². The van der Waals surface area contributed by atoms with Gasteiger partial charge in [0.2, 0.25) is 0 Å². The number of hydrogen-bond acceptors (Lipinski definition) is 4. The molecule has 1 aliphatic rings. The molecule has 126 valence electrons. The minimum Gasteiger partial charge on any atom is -0.496 e. The van der Waals surface area contributed by atoms with Crippen molar-refractivity contribution >= 4 is 11.7 Å². The number of para-hydroxylation sites is 1. The van der Waals surface area contributed by atoms with Crippen molar-refractivity contribution < 1.29 is 14.3 Å². The van der Waals surface area contributed by atoms with Crippen LogP contribution < -0.4 is 4.74 Å². The standard InChI is InChI=1S/C18H26N2O3/c1-18(2,3)16(21)13-19-9-11-20(12-10-19)17(22)14-7-5-6-8-15(14)23-4/h5-8H,9-13H2,1-4H3. The molecule has 1 heterocycles. The fourth-order valence-electron chi connectivity index (χ4n) is 2.54. The number of Topliss-reactive ketones (excluding diaryl/α,β-unsaturated/α-hetero) is 1. The summed E-state index contributed by atoms with van der Waals surface area (Å²) in [5, 5.41) is 0. The van der Waals surface area contributed by atoms with Gasteiger partial charge >= 0.3 is 0 Å². The normalized spacial score (nSPS) is 16.3. The highest BCUT2D eigenvalue weighted by Crippen LogP contribution is 2.20. The number of piperazine rings is 1. The zero-order chi connectivity index (χ0) is 17.0. The van der Waals surface area contributed by atoms with Gasteiger partial charge in [0.15, 0.2) is 5.78 Å². The summed E-state index contributed by atoms with van der Waals surface area (Å²) in [6.07, 6.45) is 0. The van der Waals surface area contributed by atoms with Crippen LogP contribution in [0.25, 0.3) is 0 Å². The monoisotopic (exact) mass is 318 g/mol. The van der Waals surface area contributed by atoms with Crippen LogP contribution in [-0.2, 0) is 4.79 Å². The SMILES string of the molecule is COc1ccccc1C(=O)N1CCN(CC(=O)C(C)(C)C)CC1. The van der Waals surface area contributed by atoms with Gasteiger partial charge in [0, 0.05) is 31.6 Å². The predicted molar refractivity (Wildman–Crippen MR) is 89.8 cm³/mol. The average Bonchev–Trinajstić information content (AvgIpc) is 2.54. The number of amides is 1. The molecule has 1 amide bonds. The molecule has 5 nitrogen and oxygen atoms in total. The zero-order valence-corrected chi connectivity index (χ0v) is 14.5. The smallest absolute Gasteiger partial charge is 0.257 e. The Kier molecular flexibility index (Phi) is 5.42. The number of hydrogen-bond donors (Lipinski definition) is 0. The molecule has 0 bridgehead atoms. The second-order valence-corrected chi connectivity index (χ2v) is 6.94. The van der Waals surface area contributed by atoms with Crippen molar-refractivity contribution in [1.29, 1.82) is 0 Å². The number of benzene rings is 1. The summed E-state index contributed by atoms with van der Waals surface area (Å²) < 4.78 is 5.27. The second kappa shape index (κ2) is 7.13. The molecule has 0 unspecified atom stereocenters. The first kappa shape index (κ1) is 17.5. The van der Waals surface area contributed by atoms with E-state index in [9.17, 15) is 9.59 Å². The molecule has 1 aromatic rings. The fraction of sp³-hybridized carbons (Fsp3) is 0.556. The third-order valence-electron chi connectivity index (χ3n) is 4.20. The van der Waals surface area contributed by atoms with E-state index < -0.39 is 0 Å². The van der Waals surface area contributed by atoms with Crippen LogP contribution in [0.5, 0.6) is 5.75 Å². The number of rotatable bonds is 4. The Morgan fingerprint density at radius 1 is 1.09 bits per heavy atom. The molecular formula is C18H26N2O3. The maximum Gasteiger partial charge on any atom is 0.257 e. The highest BCUT2D eigenvalue weighted by Gasteiger charge is 2.28. The molecule has 0 spiro atoms. The van der Waals surface area contributed by atoms with E-state index in [1.165, 1.54) is 0 Å². The van der Waals surface area contributed by atoms with Crippen LogP contribution in [0.4, 0.5) is 0 Å². The zero-order valence-electron chi connectivity index (χ0n) is 14.5. The van der Waals surface area contributed by atoms with Crippen molar-refractivity contribution in [2.75, 3.05) is 39.8 Å². The molecule has 1 fully saturated rings. The van der Waals surface area contributed by atoms with Gasteiger partial charge in [-0.1, -0.05) is 32.9 Å². The van der Waals surface area contributed by atoms with Crippen molar-refractivity contribution in [1.82, 2.24) is 9.80 Å². The summed E-state index contributed by atoms with van der Waals surface area (Å²) in [5.74, 6) is 0.828. The van der Waals surface area contributed by atoms with Crippen molar-refractivity contribution in [2.24, 2.45) is 5.41 Å². The summed E-state index contributed by atoms with van der Waals surface area (Å²) in [4.78, 5) is 28.7. The number of nitrogens with zero attached hydrogens (tertiary/aromatic N) is 2. The highest BCUT2D eigenvalue weighted by molar-refractivity contribution is 5.97. The lowest BCUT2D eigenvalue weighted by molar-refractivity contribution is -0.127. The molecule has 23 heavy (non-hydrogen) atoms. The predicted octanol–water partition coefficient (Wildman–Crippen LogP) is 2.07. The average molecular weight is 318 g/mol. The van der Waals surface area contributed by atoms with E-state index in [1.54, 1.807) is 19.2 Å². The molecule has 0 saturated carbocycles. The third-order valence-corrected chi connectivity index (χ3v) is 4.20. The number of carbonyl (C=O) groups excluding carboxylic acids is 2. The minimum absolute atomic E-state index is 0.00996. The Balaban J connectivity index is 1.94. The van der Waals surface area contributed by atoms with Gasteiger partial charge in [0.25, 0.3) is 5.91 Å². The van der Waals surface area contributed by atoms with Crippen molar-refractivity contribution in [3.63, 3.8) is 0 Å². The van der Waals surface area contributed by atoms with Gasteiger partial charge in [-0.05, 0) is 12.1 Å². The van der Waals surface area contributed by atoms with E-state index in [1.807, 2.05) is 37.8 Å². The Morgan fingerprint density at radius 2 is 1.70 bits per heavy atom. The van der Waals surface area contributed by atoms with Gasteiger partial charge in [-0.3, -0.25) is 14.5 Å². The van der Waals surface area contributed by atoms with E-state index in [2.05, 4.69) is 4.90 Å². The Hall–Kier alpha value is -1.88. The molecular weight excluding hydrogens is 292 g/mol. The second-order valence-electron chi connectivity index (χ2n) is 6.94. The van der Waals surface area contributed by atoms with Gasteiger partial charge in [0.05, 0.1) is 19.2 Å².